The zero-order valence-electron chi connectivity index (χ0n) is 17.6. The summed E-state index contributed by atoms with van der Waals surface area (Å²) in [6.07, 6.45) is 4.23. The summed E-state index contributed by atoms with van der Waals surface area (Å²) in [5, 5.41) is 0. The van der Waals surface area contributed by atoms with Crippen LogP contribution in [0, 0.1) is 0 Å². The molecule has 0 bridgehead atoms. The van der Waals surface area contributed by atoms with Crippen LogP contribution in [0.4, 0.5) is 0 Å². The molecule has 30 heavy (non-hydrogen) atoms. The average molecular weight is 413 g/mol. The van der Waals surface area contributed by atoms with Crippen LogP contribution in [0.3, 0.4) is 0 Å². The van der Waals surface area contributed by atoms with Crippen LogP contribution in [0.1, 0.15) is 41.6 Å². The second-order valence-corrected chi connectivity index (χ2v) is 7.47. The van der Waals surface area contributed by atoms with Gasteiger partial charge in [-0.05, 0) is 30.5 Å². The first-order chi connectivity index (χ1) is 14.6. The number of amides is 1. The van der Waals surface area contributed by atoms with Crippen LogP contribution in [0.25, 0.3) is 0 Å². The van der Waals surface area contributed by atoms with E-state index < -0.39 is 0 Å². The molecule has 7 nitrogen and oxygen atoms in total. The molecule has 7 heteroatoms. The molecule has 2 aromatic carbocycles. The summed E-state index contributed by atoms with van der Waals surface area (Å²) in [5.74, 6) is 2.85. The summed E-state index contributed by atoms with van der Waals surface area (Å²) in [6, 6.07) is 9.39. The van der Waals surface area contributed by atoms with E-state index in [4.69, 9.17) is 23.7 Å². The van der Waals surface area contributed by atoms with Crippen LogP contribution in [-0.2, 0) is 6.54 Å². The van der Waals surface area contributed by atoms with Gasteiger partial charge >= 0.3 is 0 Å². The highest BCUT2D eigenvalue weighted by atomic mass is 16.7. The first-order valence-electron chi connectivity index (χ1n) is 10.1. The summed E-state index contributed by atoms with van der Waals surface area (Å²) in [4.78, 5) is 15.6. The van der Waals surface area contributed by atoms with Crippen molar-refractivity contribution in [1.29, 1.82) is 0 Å². The number of fused-ring (bicyclic) bond motifs is 1. The molecule has 0 radical (unpaired) electrons. The molecule has 0 atom stereocenters. The maximum absolute atomic E-state index is 13.7. The summed E-state index contributed by atoms with van der Waals surface area (Å²) in [7, 11) is 4.67. The quantitative estimate of drug-likeness (QED) is 0.683. The number of benzene rings is 2. The third-order valence-electron chi connectivity index (χ3n) is 5.75. The van der Waals surface area contributed by atoms with Gasteiger partial charge < -0.3 is 28.6 Å². The van der Waals surface area contributed by atoms with E-state index in [1.54, 1.807) is 33.5 Å². The number of nitrogens with zero attached hydrogens (tertiary/aromatic N) is 1. The van der Waals surface area contributed by atoms with Crippen molar-refractivity contribution in [3.05, 3.63) is 41.5 Å². The minimum absolute atomic E-state index is 0.0858. The smallest absolute Gasteiger partial charge is 0.258 e. The summed E-state index contributed by atoms with van der Waals surface area (Å²) < 4.78 is 27.2. The topological polar surface area (TPSA) is 66.5 Å². The number of hydrogen-bond acceptors (Lipinski definition) is 6. The van der Waals surface area contributed by atoms with Gasteiger partial charge in [-0.25, -0.2) is 0 Å². The number of methoxy groups -OCH3 is 3. The second-order valence-electron chi connectivity index (χ2n) is 7.47. The average Bonchev–Trinajstić information content (AvgIpc) is 3.47. The lowest BCUT2D eigenvalue weighted by molar-refractivity contribution is 0.0660. The Morgan fingerprint density at radius 2 is 1.60 bits per heavy atom. The fourth-order valence-corrected chi connectivity index (χ4v) is 4.17. The minimum Gasteiger partial charge on any atom is -0.496 e. The Bertz CT molecular complexity index is 922. The van der Waals surface area contributed by atoms with E-state index in [-0.39, 0.29) is 18.7 Å². The predicted octanol–water partition coefficient (Wildman–Crippen LogP) is 4.03. The van der Waals surface area contributed by atoms with Gasteiger partial charge in [0.1, 0.15) is 5.75 Å². The van der Waals surface area contributed by atoms with Crippen LogP contribution in [-0.4, -0.2) is 45.0 Å². The predicted molar refractivity (Wildman–Crippen MR) is 111 cm³/mol. The molecule has 1 aliphatic carbocycles. The SMILES string of the molecule is COc1cc(OC)c(C(=O)N(Cc2ccc3c(c2)OCO3)C2CCCC2)cc1OC. The van der Waals surface area contributed by atoms with Gasteiger partial charge in [0.15, 0.2) is 23.0 Å². The van der Waals surface area contributed by atoms with E-state index in [0.717, 1.165) is 42.7 Å². The summed E-state index contributed by atoms with van der Waals surface area (Å²) >= 11 is 0. The second kappa shape index (κ2) is 8.73. The zero-order valence-corrected chi connectivity index (χ0v) is 17.6. The highest BCUT2D eigenvalue weighted by molar-refractivity contribution is 5.98. The molecule has 1 aliphatic heterocycles. The molecule has 4 rings (SSSR count). The molecule has 0 aromatic heterocycles. The van der Waals surface area contributed by atoms with Gasteiger partial charge in [-0.15, -0.1) is 0 Å². The van der Waals surface area contributed by atoms with Crippen molar-refractivity contribution >= 4 is 5.91 Å². The van der Waals surface area contributed by atoms with Crippen LogP contribution < -0.4 is 23.7 Å². The van der Waals surface area contributed by atoms with Crippen LogP contribution in [0.5, 0.6) is 28.7 Å². The lowest BCUT2D eigenvalue weighted by Crippen LogP contribution is -2.38. The maximum atomic E-state index is 13.7. The van der Waals surface area contributed by atoms with Gasteiger partial charge in [0.05, 0.1) is 26.9 Å². The lowest BCUT2D eigenvalue weighted by Gasteiger charge is -2.30. The molecule has 1 fully saturated rings. The summed E-state index contributed by atoms with van der Waals surface area (Å²) in [5.41, 5.74) is 1.46. The molecule has 0 saturated heterocycles. The van der Waals surface area contributed by atoms with Crippen molar-refractivity contribution in [2.45, 2.75) is 38.3 Å². The van der Waals surface area contributed by atoms with E-state index in [1.165, 1.54) is 0 Å². The number of carbonyl (C=O) groups excluding carboxylic acids is 1. The fraction of sp³-hybridized carbons (Fsp3) is 0.435. The zero-order chi connectivity index (χ0) is 21.1. The Morgan fingerprint density at radius 1 is 0.933 bits per heavy atom. The minimum atomic E-state index is -0.0858. The van der Waals surface area contributed by atoms with Gasteiger partial charge in [-0.1, -0.05) is 18.9 Å². The van der Waals surface area contributed by atoms with Crippen LogP contribution >= 0.6 is 0 Å². The first kappa shape index (κ1) is 20.2. The molecule has 1 saturated carbocycles. The van der Waals surface area contributed by atoms with E-state index in [0.29, 0.717) is 29.4 Å². The van der Waals surface area contributed by atoms with Crippen molar-refractivity contribution in [2.75, 3.05) is 28.1 Å². The first-order valence-corrected chi connectivity index (χ1v) is 10.1. The van der Waals surface area contributed by atoms with E-state index in [2.05, 4.69) is 0 Å². The lowest BCUT2D eigenvalue weighted by atomic mass is 10.1. The van der Waals surface area contributed by atoms with Crippen molar-refractivity contribution < 1.29 is 28.5 Å². The molecule has 160 valence electrons. The van der Waals surface area contributed by atoms with Crippen molar-refractivity contribution in [3.63, 3.8) is 0 Å². The third-order valence-corrected chi connectivity index (χ3v) is 5.75. The molecule has 2 aliphatic rings. The molecule has 0 spiro atoms. The molecule has 1 heterocycles. The molecule has 0 unspecified atom stereocenters. The number of hydrogen-bond donors (Lipinski definition) is 0. The Hall–Kier alpha value is -3.09. The number of rotatable bonds is 7. The standard InChI is InChI=1S/C23H27NO6/c1-26-19-12-21(28-3)20(27-2)11-17(19)23(25)24(16-6-4-5-7-16)13-15-8-9-18-22(10-15)30-14-29-18/h8-12,16H,4-7,13-14H2,1-3H3. The Morgan fingerprint density at radius 3 is 2.30 bits per heavy atom. The number of carbonyl (C=O) groups is 1. The Balaban J connectivity index is 1.68. The van der Waals surface area contributed by atoms with Gasteiger partial charge in [0, 0.05) is 24.7 Å². The van der Waals surface area contributed by atoms with E-state index in [9.17, 15) is 4.79 Å². The number of ether oxygens (including phenoxy) is 5. The van der Waals surface area contributed by atoms with Crippen LogP contribution in [0.15, 0.2) is 30.3 Å². The van der Waals surface area contributed by atoms with E-state index >= 15 is 0 Å². The highest BCUT2D eigenvalue weighted by Crippen LogP contribution is 2.37. The molecule has 2 aromatic rings. The third kappa shape index (κ3) is 3.84. The van der Waals surface area contributed by atoms with Gasteiger partial charge in [0.2, 0.25) is 6.79 Å². The monoisotopic (exact) mass is 413 g/mol. The largest absolute Gasteiger partial charge is 0.496 e. The van der Waals surface area contributed by atoms with Crippen LogP contribution in [0.2, 0.25) is 0 Å². The van der Waals surface area contributed by atoms with Crippen molar-refractivity contribution in [2.24, 2.45) is 0 Å². The molecule has 1 amide bonds. The van der Waals surface area contributed by atoms with Gasteiger partial charge in [-0.2, -0.15) is 0 Å². The Labute approximate surface area is 176 Å². The Kier molecular flexibility index (Phi) is 5.88. The molecule has 0 N–H and O–H groups in total. The fourth-order valence-electron chi connectivity index (χ4n) is 4.17. The molecular formula is C23H27NO6. The summed E-state index contributed by atoms with van der Waals surface area (Å²) in [6.45, 7) is 0.713. The van der Waals surface area contributed by atoms with Gasteiger partial charge in [0.25, 0.3) is 5.91 Å². The molecular weight excluding hydrogens is 386 g/mol. The van der Waals surface area contributed by atoms with E-state index in [1.807, 2.05) is 23.1 Å². The highest BCUT2D eigenvalue weighted by Gasteiger charge is 2.30. The van der Waals surface area contributed by atoms with Crippen molar-refractivity contribution in [3.8, 4) is 28.7 Å². The normalized spacial score (nSPS) is 15.2. The maximum Gasteiger partial charge on any atom is 0.258 e. The van der Waals surface area contributed by atoms with Gasteiger partial charge in [-0.3, -0.25) is 4.79 Å². The van der Waals surface area contributed by atoms with Crippen molar-refractivity contribution in [1.82, 2.24) is 4.90 Å².